The van der Waals surface area contributed by atoms with Gasteiger partial charge in [-0.3, -0.25) is 9.78 Å². The van der Waals surface area contributed by atoms with E-state index in [-0.39, 0.29) is 42.6 Å². The number of halogens is 3. The van der Waals surface area contributed by atoms with Gasteiger partial charge in [0.1, 0.15) is 5.82 Å². The second kappa shape index (κ2) is 8.12. The van der Waals surface area contributed by atoms with Gasteiger partial charge in [0.05, 0.1) is 16.8 Å². The van der Waals surface area contributed by atoms with Crippen molar-refractivity contribution in [3.8, 4) is 0 Å². The van der Waals surface area contributed by atoms with E-state index < -0.39 is 0 Å². The van der Waals surface area contributed by atoms with Gasteiger partial charge in [0.15, 0.2) is 0 Å². The van der Waals surface area contributed by atoms with Crippen LogP contribution in [0.1, 0.15) is 23.0 Å². The van der Waals surface area contributed by atoms with Crippen LogP contribution >= 0.6 is 24.8 Å². The van der Waals surface area contributed by atoms with Crippen LogP contribution in [0.3, 0.4) is 0 Å². The third-order valence-corrected chi connectivity index (χ3v) is 2.95. The number of carbonyl (C=O) groups is 1. The first-order valence-electron chi connectivity index (χ1n) is 6.09. The van der Waals surface area contributed by atoms with Crippen molar-refractivity contribution < 1.29 is 9.18 Å². The number of carbonyl (C=O) groups excluding carboxylic acids is 1. The number of fused-ring (bicyclic) bond motifs is 1. The Morgan fingerprint density at radius 2 is 2.05 bits per heavy atom. The first-order valence-corrected chi connectivity index (χ1v) is 6.09. The lowest BCUT2D eigenvalue weighted by Gasteiger charge is -2.13. The lowest BCUT2D eigenvalue weighted by molar-refractivity contribution is 0.0940. The molecule has 3 N–H and O–H groups in total. The number of benzene rings is 1. The summed E-state index contributed by atoms with van der Waals surface area (Å²) in [6.45, 7) is 3.93. The highest BCUT2D eigenvalue weighted by Gasteiger charge is 2.13. The van der Waals surface area contributed by atoms with Crippen molar-refractivity contribution >= 4 is 41.6 Å². The molecule has 4 nitrogen and oxygen atoms in total. The second-order valence-corrected chi connectivity index (χ2v) is 4.57. The molecule has 0 saturated carbocycles. The molecule has 116 valence electrons. The molecule has 0 radical (unpaired) electrons. The average molecular weight is 334 g/mol. The Kier molecular flexibility index (Phi) is 7.57. The summed E-state index contributed by atoms with van der Waals surface area (Å²) in [6.07, 6.45) is 0. The van der Waals surface area contributed by atoms with E-state index in [0.29, 0.717) is 23.3 Å². The fourth-order valence-corrected chi connectivity index (χ4v) is 1.83. The third-order valence-electron chi connectivity index (χ3n) is 2.95. The van der Waals surface area contributed by atoms with Gasteiger partial charge in [-0.1, -0.05) is 0 Å². The van der Waals surface area contributed by atoms with Crippen molar-refractivity contribution in [2.45, 2.75) is 19.9 Å². The lowest BCUT2D eigenvalue weighted by atomic mass is 10.1. The SMILES string of the molecule is Cc1nc2cc(F)ccc2cc1C(=O)N[C@@H](C)CN.Cl.Cl. The Morgan fingerprint density at radius 1 is 1.38 bits per heavy atom. The summed E-state index contributed by atoms with van der Waals surface area (Å²) in [6, 6.07) is 5.93. The van der Waals surface area contributed by atoms with Gasteiger partial charge in [0.25, 0.3) is 5.91 Å². The van der Waals surface area contributed by atoms with Crippen molar-refractivity contribution in [1.82, 2.24) is 10.3 Å². The van der Waals surface area contributed by atoms with Crippen molar-refractivity contribution in [1.29, 1.82) is 0 Å². The van der Waals surface area contributed by atoms with Crippen LogP contribution in [0.15, 0.2) is 24.3 Å². The predicted molar refractivity (Wildman–Crippen MR) is 86.9 cm³/mol. The first-order chi connectivity index (χ1) is 9.01. The molecule has 0 aliphatic rings. The Morgan fingerprint density at radius 3 is 2.67 bits per heavy atom. The van der Waals surface area contributed by atoms with Gasteiger partial charge in [-0.15, -0.1) is 24.8 Å². The zero-order valence-electron chi connectivity index (χ0n) is 11.7. The maximum absolute atomic E-state index is 13.1. The number of rotatable bonds is 3. The maximum atomic E-state index is 13.1. The normalized spacial score (nSPS) is 11.2. The van der Waals surface area contributed by atoms with Gasteiger partial charge in [-0.05, 0) is 32.0 Å². The number of hydrogen-bond donors (Lipinski definition) is 2. The summed E-state index contributed by atoms with van der Waals surface area (Å²) in [5.74, 6) is -0.553. The quantitative estimate of drug-likeness (QED) is 0.907. The second-order valence-electron chi connectivity index (χ2n) is 4.57. The summed E-state index contributed by atoms with van der Waals surface area (Å²) >= 11 is 0. The molecule has 0 fully saturated rings. The number of aromatic nitrogens is 1. The topological polar surface area (TPSA) is 68.0 Å². The van der Waals surface area contributed by atoms with Crippen molar-refractivity contribution in [3.63, 3.8) is 0 Å². The summed E-state index contributed by atoms with van der Waals surface area (Å²) in [7, 11) is 0. The Labute approximate surface area is 135 Å². The summed E-state index contributed by atoms with van der Waals surface area (Å²) in [5, 5.41) is 3.52. The maximum Gasteiger partial charge on any atom is 0.253 e. The van der Waals surface area contributed by atoms with Crippen LogP contribution in [0.5, 0.6) is 0 Å². The van der Waals surface area contributed by atoms with E-state index in [1.54, 1.807) is 19.1 Å². The molecular weight excluding hydrogens is 316 g/mol. The summed E-state index contributed by atoms with van der Waals surface area (Å²) in [5.41, 5.74) is 7.07. The van der Waals surface area contributed by atoms with E-state index in [2.05, 4.69) is 10.3 Å². The van der Waals surface area contributed by atoms with Crippen LogP contribution < -0.4 is 11.1 Å². The van der Waals surface area contributed by atoms with Gasteiger partial charge < -0.3 is 11.1 Å². The van der Waals surface area contributed by atoms with E-state index >= 15 is 0 Å². The molecule has 1 aromatic heterocycles. The first kappa shape index (κ1) is 19.6. The fourth-order valence-electron chi connectivity index (χ4n) is 1.83. The largest absolute Gasteiger partial charge is 0.348 e. The smallest absolute Gasteiger partial charge is 0.253 e. The molecule has 7 heteroatoms. The minimum atomic E-state index is -0.339. The van der Waals surface area contributed by atoms with E-state index in [9.17, 15) is 9.18 Å². The van der Waals surface area contributed by atoms with Crippen molar-refractivity contribution in [3.05, 3.63) is 41.3 Å². The number of nitrogens with one attached hydrogen (secondary N) is 1. The highest BCUT2D eigenvalue weighted by atomic mass is 35.5. The third kappa shape index (κ3) is 4.52. The molecule has 0 unspecified atom stereocenters. The minimum Gasteiger partial charge on any atom is -0.348 e. The highest BCUT2D eigenvalue weighted by molar-refractivity contribution is 5.98. The minimum absolute atomic E-state index is 0. The molecule has 0 spiro atoms. The van der Waals surface area contributed by atoms with E-state index in [1.165, 1.54) is 12.1 Å². The molecule has 0 bridgehead atoms. The number of hydrogen-bond acceptors (Lipinski definition) is 3. The Bertz CT molecular complexity index is 637. The van der Waals surface area contributed by atoms with Gasteiger partial charge in [-0.2, -0.15) is 0 Å². The van der Waals surface area contributed by atoms with Gasteiger partial charge in [0.2, 0.25) is 0 Å². The Hall–Kier alpha value is -1.43. The number of pyridine rings is 1. The molecule has 1 amide bonds. The van der Waals surface area contributed by atoms with Crippen LogP contribution in [0.25, 0.3) is 10.9 Å². The molecule has 0 aliphatic carbocycles. The van der Waals surface area contributed by atoms with Crippen molar-refractivity contribution in [2.75, 3.05) is 6.54 Å². The molecule has 21 heavy (non-hydrogen) atoms. The Balaban J connectivity index is 0.00000200. The van der Waals surface area contributed by atoms with E-state index in [4.69, 9.17) is 5.73 Å². The highest BCUT2D eigenvalue weighted by Crippen LogP contribution is 2.17. The summed E-state index contributed by atoms with van der Waals surface area (Å²) < 4.78 is 13.1. The van der Waals surface area contributed by atoms with E-state index in [1.807, 2.05) is 6.92 Å². The van der Waals surface area contributed by atoms with Gasteiger partial charge in [0, 0.05) is 24.0 Å². The predicted octanol–water partition coefficient (Wildman–Crippen LogP) is 2.60. The number of nitrogens with two attached hydrogens (primary N) is 1. The average Bonchev–Trinajstić information content (AvgIpc) is 2.37. The molecule has 1 atom stereocenters. The summed E-state index contributed by atoms with van der Waals surface area (Å²) in [4.78, 5) is 16.3. The molecule has 2 rings (SSSR count). The van der Waals surface area contributed by atoms with E-state index in [0.717, 1.165) is 5.39 Å². The zero-order chi connectivity index (χ0) is 14.0. The van der Waals surface area contributed by atoms with Crippen LogP contribution in [0.2, 0.25) is 0 Å². The molecule has 0 saturated heterocycles. The lowest BCUT2D eigenvalue weighted by Crippen LogP contribution is -2.38. The zero-order valence-corrected chi connectivity index (χ0v) is 13.4. The number of aryl methyl sites for hydroxylation is 1. The van der Waals surface area contributed by atoms with Crippen LogP contribution in [-0.4, -0.2) is 23.5 Å². The van der Waals surface area contributed by atoms with Crippen LogP contribution in [0.4, 0.5) is 4.39 Å². The number of amides is 1. The molecule has 0 aliphatic heterocycles. The fraction of sp³-hybridized carbons (Fsp3) is 0.286. The standard InChI is InChI=1S/C14H16FN3O.2ClH/c1-8(7-16)17-14(19)12-5-10-3-4-11(15)6-13(10)18-9(12)2;;/h3-6,8H,7,16H2,1-2H3,(H,17,19);2*1H/t8-;;/m0../s1. The molecule has 1 heterocycles. The van der Waals surface area contributed by atoms with Crippen LogP contribution in [0, 0.1) is 12.7 Å². The van der Waals surface area contributed by atoms with Crippen LogP contribution in [-0.2, 0) is 0 Å². The molecular formula is C14H18Cl2FN3O. The van der Waals surface area contributed by atoms with Gasteiger partial charge >= 0.3 is 0 Å². The molecule has 1 aromatic carbocycles. The molecule has 2 aromatic rings. The van der Waals surface area contributed by atoms with Gasteiger partial charge in [-0.25, -0.2) is 4.39 Å². The van der Waals surface area contributed by atoms with Crippen molar-refractivity contribution in [2.24, 2.45) is 5.73 Å². The number of nitrogens with zero attached hydrogens (tertiary/aromatic N) is 1. The monoisotopic (exact) mass is 333 g/mol.